The lowest BCUT2D eigenvalue weighted by molar-refractivity contribution is -0.121. The Morgan fingerprint density at radius 2 is 2.04 bits per heavy atom. The number of benzene rings is 1. The monoisotopic (exact) mass is 336 g/mol. The Labute approximate surface area is 146 Å². The topological polar surface area (TPSA) is 80.9 Å². The van der Waals surface area contributed by atoms with E-state index in [1.807, 2.05) is 49.4 Å². The normalized spacial score (nSPS) is 11.9. The second-order valence-corrected chi connectivity index (χ2v) is 5.81. The fourth-order valence-corrected chi connectivity index (χ4v) is 2.49. The summed E-state index contributed by atoms with van der Waals surface area (Å²) in [4.78, 5) is 20.5. The van der Waals surface area contributed by atoms with Crippen LogP contribution in [0.5, 0.6) is 0 Å². The number of nitrogens with one attached hydrogen (secondary N) is 1. The van der Waals surface area contributed by atoms with Crippen molar-refractivity contribution in [3.8, 4) is 11.4 Å². The van der Waals surface area contributed by atoms with Gasteiger partial charge in [0.05, 0.1) is 6.04 Å². The van der Waals surface area contributed by atoms with E-state index in [0.29, 0.717) is 31.0 Å². The molecule has 1 N–H and O–H groups in total. The molecule has 3 rings (SSSR count). The van der Waals surface area contributed by atoms with Gasteiger partial charge in [0.15, 0.2) is 0 Å². The molecule has 1 unspecified atom stereocenters. The van der Waals surface area contributed by atoms with Crippen molar-refractivity contribution in [3.05, 3.63) is 66.3 Å². The molecule has 0 aliphatic carbocycles. The molecule has 0 fully saturated rings. The standard InChI is InChI=1S/C19H20N4O2/c1-14(16-9-6-12-20-13-16)21-17(24)10-5-11-18-22-19(23-25-18)15-7-3-2-4-8-15/h2-4,6-9,12-14H,5,10-11H2,1H3,(H,21,24). The van der Waals surface area contributed by atoms with E-state index in [-0.39, 0.29) is 11.9 Å². The lowest BCUT2D eigenvalue weighted by Crippen LogP contribution is -2.26. The molecule has 128 valence electrons. The molecule has 0 aliphatic heterocycles. The average molecular weight is 336 g/mol. The second kappa shape index (κ2) is 8.19. The minimum absolute atomic E-state index is 0.000786. The van der Waals surface area contributed by atoms with Crippen molar-refractivity contribution in [2.75, 3.05) is 0 Å². The van der Waals surface area contributed by atoms with Gasteiger partial charge in [-0.1, -0.05) is 41.6 Å². The summed E-state index contributed by atoms with van der Waals surface area (Å²) in [5, 5.41) is 6.95. The highest BCUT2D eigenvalue weighted by molar-refractivity contribution is 5.76. The first-order chi connectivity index (χ1) is 12.2. The molecule has 0 saturated heterocycles. The summed E-state index contributed by atoms with van der Waals surface area (Å²) < 4.78 is 5.25. The third-order valence-electron chi connectivity index (χ3n) is 3.86. The van der Waals surface area contributed by atoms with Gasteiger partial charge >= 0.3 is 0 Å². The fraction of sp³-hybridized carbons (Fsp3) is 0.263. The Balaban J connectivity index is 1.45. The zero-order valence-corrected chi connectivity index (χ0v) is 14.1. The minimum atomic E-state index is -0.0608. The van der Waals surface area contributed by atoms with E-state index in [1.54, 1.807) is 12.4 Å². The van der Waals surface area contributed by atoms with Gasteiger partial charge in [-0.25, -0.2) is 0 Å². The number of carbonyl (C=O) groups is 1. The zero-order chi connectivity index (χ0) is 17.5. The highest BCUT2D eigenvalue weighted by Crippen LogP contribution is 2.16. The van der Waals surface area contributed by atoms with Gasteiger partial charge in [-0.2, -0.15) is 4.98 Å². The summed E-state index contributed by atoms with van der Waals surface area (Å²) in [5.41, 5.74) is 1.90. The maximum atomic E-state index is 12.0. The Kier molecular flexibility index (Phi) is 5.51. The summed E-state index contributed by atoms with van der Waals surface area (Å²) in [6.07, 6.45) is 5.12. The number of pyridine rings is 1. The summed E-state index contributed by atoms with van der Waals surface area (Å²) in [5.74, 6) is 1.12. The summed E-state index contributed by atoms with van der Waals surface area (Å²) in [6.45, 7) is 1.94. The van der Waals surface area contributed by atoms with Crippen LogP contribution in [-0.4, -0.2) is 21.0 Å². The van der Waals surface area contributed by atoms with Crippen LogP contribution in [0.1, 0.15) is 37.3 Å². The molecule has 0 aliphatic rings. The largest absolute Gasteiger partial charge is 0.350 e. The molecule has 0 saturated carbocycles. The van der Waals surface area contributed by atoms with Gasteiger partial charge in [0.2, 0.25) is 17.6 Å². The first-order valence-corrected chi connectivity index (χ1v) is 8.29. The predicted octanol–water partition coefficient (Wildman–Crippen LogP) is 3.33. The second-order valence-electron chi connectivity index (χ2n) is 5.81. The molecule has 3 aromatic rings. The fourth-order valence-electron chi connectivity index (χ4n) is 2.49. The van der Waals surface area contributed by atoms with Crippen LogP contribution in [0.2, 0.25) is 0 Å². The zero-order valence-electron chi connectivity index (χ0n) is 14.1. The first-order valence-electron chi connectivity index (χ1n) is 8.29. The molecular formula is C19H20N4O2. The number of aromatic nitrogens is 3. The molecule has 2 heterocycles. The van der Waals surface area contributed by atoms with Gasteiger partial charge in [0, 0.05) is 30.8 Å². The van der Waals surface area contributed by atoms with Gasteiger partial charge in [-0.3, -0.25) is 9.78 Å². The number of amides is 1. The van der Waals surface area contributed by atoms with Crippen LogP contribution in [0.4, 0.5) is 0 Å². The molecule has 6 heteroatoms. The number of carbonyl (C=O) groups excluding carboxylic acids is 1. The first kappa shape index (κ1) is 16.8. The van der Waals surface area contributed by atoms with Gasteiger partial charge in [-0.15, -0.1) is 0 Å². The van der Waals surface area contributed by atoms with Crippen molar-refractivity contribution < 1.29 is 9.32 Å². The van der Waals surface area contributed by atoms with Crippen LogP contribution >= 0.6 is 0 Å². The molecule has 25 heavy (non-hydrogen) atoms. The molecular weight excluding hydrogens is 316 g/mol. The Hall–Kier alpha value is -3.02. The van der Waals surface area contributed by atoms with E-state index in [0.717, 1.165) is 11.1 Å². The van der Waals surface area contributed by atoms with Crippen molar-refractivity contribution in [1.82, 2.24) is 20.4 Å². The highest BCUT2D eigenvalue weighted by atomic mass is 16.5. The third-order valence-corrected chi connectivity index (χ3v) is 3.86. The van der Waals surface area contributed by atoms with Crippen LogP contribution in [0.15, 0.2) is 59.4 Å². The van der Waals surface area contributed by atoms with Crippen LogP contribution in [0.3, 0.4) is 0 Å². The molecule has 1 aromatic carbocycles. The minimum Gasteiger partial charge on any atom is -0.350 e. The SMILES string of the molecule is CC(NC(=O)CCCc1nc(-c2ccccc2)no1)c1cccnc1. The molecule has 1 atom stereocenters. The van der Waals surface area contributed by atoms with Crippen LogP contribution in [0.25, 0.3) is 11.4 Å². The van der Waals surface area contributed by atoms with Gasteiger partial charge in [-0.05, 0) is 25.0 Å². The van der Waals surface area contributed by atoms with Gasteiger partial charge in [0.25, 0.3) is 0 Å². The van der Waals surface area contributed by atoms with E-state index in [1.165, 1.54) is 0 Å². The number of nitrogens with zero attached hydrogens (tertiary/aromatic N) is 3. The lowest BCUT2D eigenvalue weighted by atomic mass is 10.1. The van der Waals surface area contributed by atoms with E-state index in [2.05, 4.69) is 20.4 Å². The molecule has 0 radical (unpaired) electrons. The highest BCUT2D eigenvalue weighted by Gasteiger charge is 2.11. The van der Waals surface area contributed by atoms with E-state index >= 15 is 0 Å². The number of rotatable bonds is 7. The van der Waals surface area contributed by atoms with E-state index in [4.69, 9.17) is 4.52 Å². The smallest absolute Gasteiger partial charge is 0.226 e. The summed E-state index contributed by atoms with van der Waals surface area (Å²) in [6, 6.07) is 13.4. The molecule has 2 aromatic heterocycles. The van der Waals surface area contributed by atoms with E-state index < -0.39 is 0 Å². The predicted molar refractivity (Wildman–Crippen MR) is 93.5 cm³/mol. The van der Waals surface area contributed by atoms with E-state index in [9.17, 15) is 4.79 Å². The van der Waals surface area contributed by atoms with Crippen LogP contribution < -0.4 is 5.32 Å². The Bertz CT molecular complexity index is 803. The quantitative estimate of drug-likeness (QED) is 0.716. The third kappa shape index (κ3) is 4.73. The van der Waals surface area contributed by atoms with Crippen molar-refractivity contribution in [3.63, 3.8) is 0 Å². The summed E-state index contributed by atoms with van der Waals surface area (Å²) >= 11 is 0. The van der Waals surface area contributed by atoms with Crippen molar-refractivity contribution in [1.29, 1.82) is 0 Å². The number of hydrogen-bond acceptors (Lipinski definition) is 5. The Morgan fingerprint density at radius 3 is 2.80 bits per heavy atom. The average Bonchev–Trinajstić information content (AvgIpc) is 3.12. The van der Waals surface area contributed by atoms with Gasteiger partial charge < -0.3 is 9.84 Å². The Morgan fingerprint density at radius 1 is 1.20 bits per heavy atom. The van der Waals surface area contributed by atoms with Crippen LogP contribution in [0, 0.1) is 0 Å². The molecule has 0 bridgehead atoms. The molecule has 1 amide bonds. The van der Waals surface area contributed by atoms with Crippen molar-refractivity contribution >= 4 is 5.91 Å². The molecule has 6 nitrogen and oxygen atoms in total. The van der Waals surface area contributed by atoms with Crippen molar-refractivity contribution in [2.24, 2.45) is 0 Å². The maximum absolute atomic E-state index is 12.0. The van der Waals surface area contributed by atoms with Crippen molar-refractivity contribution in [2.45, 2.75) is 32.2 Å². The van der Waals surface area contributed by atoms with Crippen LogP contribution in [-0.2, 0) is 11.2 Å². The summed E-state index contributed by atoms with van der Waals surface area (Å²) in [7, 11) is 0. The molecule has 0 spiro atoms. The number of aryl methyl sites for hydroxylation is 1. The lowest BCUT2D eigenvalue weighted by Gasteiger charge is -2.13. The number of hydrogen-bond donors (Lipinski definition) is 1. The van der Waals surface area contributed by atoms with Gasteiger partial charge in [0.1, 0.15) is 0 Å². The maximum Gasteiger partial charge on any atom is 0.226 e.